The van der Waals surface area contributed by atoms with Crippen LogP contribution in [0.5, 0.6) is 5.19 Å². The molecule has 1 aliphatic heterocycles. The molecule has 4 rings (SSSR count). The number of Topliss-reactive ketones (excluding diaryl/α,β-unsaturated/α-hetero) is 1. The van der Waals surface area contributed by atoms with Crippen LogP contribution in [0, 0.1) is 11.8 Å². The molecule has 0 bridgehead atoms. The maximum atomic E-state index is 12.5. The van der Waals surface area contributed by atoms with Crippen molar-refractivity contribution in [3.63, 3.8) is 0 Å². The molecule has 1 aromatic heterocycles. The van der Waals surface area contributed by atoms with E-state index in [0.717, 1.165) is 68.4 Å². The van der Waals surface area contributed by atoms with E-state index in [2.05, 4.69) is 9.88 Å². The number of carboxylic acid groups (broad SMARTS) is 1. The SMILES string of the molecule is O=C(CCc1ccc(Cl)cc1)CC1CCC(CCN2CCc3sc(OCC(F)F)nc3C2)CC1.O=CO. The molecule has 204 valence electrons. The van der Waals surface area contributed by atoms with Gasteiger partial charge in [-0.1, -0.05) is 47.9 Å². The summed E-state index contributed by atoms with van der Waals surface area (Å²) < 4.78 is 29.8. The van der Waals surface area contributed by atoms with E-state index in [-0.39, 0.29) is 6.47 Å². The van der Waals surface area contributed by atoms with E-state index in [1.807, 2.05) is 24.3 Å². The lowest BCUT2D eigenvalue weighted by Gasteiger charge is -2.31. The number of carbonyl (C=O) groups is 2. The van der Waals surface area contributed by atoms with Crippen LogP contribution in [-0.4, -0.2) is 53.4 Å². The molecule has 1 aliphatic carbocycles. The lowest BCUT2D eigenvalue weighted by Crippen LogP contribution is -2.32. The Hall–Kier alpha value is -2.10. The highest BCUT2D eigenvalue weighted by Gasteiger charge is 2.25. The van der Waals surface area contributed by atoms with Gasteiger partial charge in [-0.15, -0.1) is 0 Å². The van der Waals surface area contributed by atoms with Crippen molar-refractivity contribution in [3.8, 4) is 5.19 Å². The summed E-state index contributed by atoms with van der Waals surface area (Å²) in [6.45, 7) is 1.97. The molecule has 0 atom stereocenters. The van der Waals surface area contributed by atoms with Crippen LogP contribution in [-0.2, 0) is 29.0 Å². The fourth-order valence-electron chi connectivity index (χ4n) is 5.06. The van der Waals surface area contributed by atoms with Crippen molar-refractivity contribution in [1.29, 1.82) is 0 Å². The molecule has 0 radical (unpaired) electrons. The average molecular weight is 557 g/mol. The summed E-state index contributed by atoms with van der Waals surface area (Å²) >= 11 is 7.33. The van der Waals surface area contributed by atoms with Crippen molar-refractivity contribution in [2.24, 2.45) is 11.8 Å². The standard InChI is InChI=1S/C26H33ClF2N2O2S.CH2O2/c27-21-8-5-18(6-9-21)7-10-22(32)15-20-3-1-19(2-4-20)11-13-31-14-12-24-23(16-31)30-26(34-24)33-17-25(28)29;2-1-3/h5-6,8-9,19-20,25H,1-4,7,10-17H2;1H,(H,2,3). The number of fused-ring (bicyclic) bond motifs is 1. The highest BCUT2D eigenvalue weighted by molar-refractivity contribution is 7.13. The first kappa shape index (κ1) is 29.5. The van der Waals surface area contributed by atoms with Crippen LogP contribution >= 0.6 is 22.9 Å². The van der Waals surface area contributed by atoms with Gasteiger partial charge in [0.2, 0.25) is 0 Å². The van der Waals surface area contributed by atoms with Gasteiger partial charge in [0.25, 0.3) is 18.1 Å². The molecule has 2 aromatic rings. The highest BCUT2D eigenvalue weighted by Crippen LogP contribution is 2.34. The maximum absolute atomic E-state index is 12.5. The lowest BCUT2D eigenvalue weighted by molar-refractivity contribution is -0.123. The number of benzene rings is 1. The van der Waals surface area contributed by atoms with Gasteiger partial charge in [0.1, 0.15) is 5.78 Å². The molecule has 0 spiro atoms. The quantitative estimate of drug-likeness (QED) is 0.328. The molecule has 0 amide bonds. The summed E-state index contributed by atoms with van der Waals surface area (Å²) in [5.74, 6) is 1.64. The van der Waals surface area contributed by atoms with Crippen molar-refractivity contribution in [2.45, 2.75) is 70.8 Å². The number of aromatic nitrogens is 1. The van der Waals surface area contributed by atoms with Crippen LogP contribution in [0.15, 0.2) is 24.3 Å². The number of halogens is 3. The number of hydrogen-bond donors (Lipinski definition) is 1. The number of rotatable bonds is 11. The number of ketones is 1. The van der Waals surface area contributed by atoms with Crippen LogP contribution in [0.1, 0.15) is 61.1 Å². The molecular weight excluding hydrogens is 522 g/mol. The number of carbonyl (C=O) groups excluding carboxylic acids is 1. The number of ether oxygens (including phenoxy) is 1. The topological polar surface area (TPSA) is 79.7 Å². The smallest absolute Gasteiger partial charge is 0.290 e. The van der Waals surface area contributed by atoms with Gasteiger partial charge < -0.3 is 9.84 Å². The Labute approximate surface area is 226 Å². The zero-order valence-electron chi connectivity index (χ0n) is 20.9. The second kappa shape index (κ2) is 15.3. The highest BCUT2D eigenvalue weighted by atomic mass is 35.5. The molecular formula is C27H35ClF2N2O4S. The molecule has 1 saturated carbocycles. The number of thiazole rings is 1. The molecule has 10 heteroatoms. The monoisotopic (exact) mass is 556 g/mol. The van der Waals surface area contributed by atoms with Gasteiger partial charge in [-0.3, -0.25) is 14.5 Å². The van der Waals surface area contributed by atoms with E-state index in [9.17, 15) is 13.6 Å². The zero-order chi connectivity index (χ0) is 26.6. The van der Waals surface area contributed by atoms with E-state index in [1.165, 1.54) is 41.0 Å². The van der Waals surface area contributed by atoms with Gasteiger partial charge in [-0.2, -0.15) is 0 Å². The molecule has 1 aromatic carbocycles. The van der Waals surface area contributed by atoms with Crippen LogP contribution in [0.3, 0.4) is 0 Å². The Balaban J connectivity index is 0.00000121. The summed E-state index contributed by atoms with van der Waals surface area (Å²) in [4.78, 5) is 28.8. The van der Waals surface area contributed by atoms with Gasteiger partial charge in [0, 0.05) is 35.8 Å². The second-order valence-corrected chi connectivity index (χ2v) is 11.2. The zero-order valence-corrected chi connectivity index (χ0v) is 22.5. The van der Waals surface area contributed by atoms with Crippen molar-refractivity contribution in [2.75, 3.05) is 19.7 Å². The average Bonchev–Trinajstić information content (AvgIpc) is 3.29. The fourth-order valence-corrected chi connectivity index (χ4v) is 6.11. The largest absolute Gasteiger partial charge is 0.483 e. The van der Waals surface area contributed by atoms with Crippen LogP contribution in [0.25, 0.3) is 0 Å². The van der Waals surface area contributed by atoms with E-state index in [4.69, 9.17) is 26.2 Å². The first-order valence-corrected chi connectivity index (χ1v) is 14.0. The molecule has 37 heavy (non-hydrogen) atoms. The predicted octanol–water partition coefficient (Wildman–Crippen LogP) is 6.29. The van der Waals surface area contributed by atoms with Crippen LogP contribution in [0.2, 0.25) is 5.02 Å². The molecule has 0 unspecified atom stereocenters. The normalized spacial score (nSPS) is 19.6. The number of hydrogen-bond acceptors (Lipinski definition) is 6. The Kier molecular flexibility index (Phi) is 12.2. The Morgan fingerprint density at radius 3 is 2.57 bits per heavy atom. The minimum Gasteiger partial charge on any atom is -0.483 e. The van der Waals surface area contributed by atoms with E-state index in [0.29, 0.717) is 23.3 Å². The summed E-state index contributed by atoms with van der Waals surface area (Å²) in [5.41, 5.74) is 2.15. The summed E-state index contributed by atoms with van der Waals surface area (Å²) in [6.07, 6.45) is 6.45. The predicted molar refractivity (Wildman–Crippen MR) is 141 cm³/mol. The van der Waals surface area contributed by atoms with Gasteiger partial charge in [-0.25, -0.2) is 13.8 Å². The first-order valence-electron chi connectivity index (χ1n) is 12.8. The van der Waals surface area contributed by atoms with Crippen molar-refractivity contribution >= 4 is 35.2 Å². The molecule has 1 N–H and O–H groups in total. The first-order chi connectivity index (χ1) is 17.9. The molecule has 0 saturated heterocycles. The number of nitrogens with zero attached hydrogens (tertiary/aromatic N) is 2. The van der Waals surface area contributed by atoms with Gasteiger partial charge in [0.05, 0.1) is 5.69 Å². The third-order valence-electron chi connectivity index (χ3n) is 7.06. The Bertz CT molecular complexity index is 981. The second-order valence-electron chi connectivity index (χ2n) is 9.73. The summed E-state index contributed by atoms with van der Waals surface area (Å²) in [5, 5.41) is 7.99. The third kappa shape index (κ3) is 10.3. The number of aryl methyl sites for hydroxylation is 1. The molecule has 6 nitrogen and oxygen atoms in total. The van der Waals surface area contributed by atoms with Crippen molar-refractivity contribution in [1.82, 2.24) is 9.88 Å². The minimum atomic E-state index is -2.47. The minimum absolute atomic E-state index is 0.250. The van der Waals surface area contributed by atoms with Crippen molar-refractivity contribution < 1.29 is 28.2 Å². The molecule has 2 aliphatic rings. The summed E-state index contributed by atoms with van der Waals surface area (Å²) in [7, 11) is 0. The van der Waals surface area contributed by atoms with E-state index in [1.54, 1.807) is 0 Å². The van der Waals surface area contributed by atoms with E-state index >= 15 is 0 Å². The Morgan fingerprint density at radius 2 is 1.89 bits per heavy atom. The van der Waals surface area contributed by atoms with Gasteiger partial charge in [-0.05, 0) is 68.2 Å². The van der Waals surface area contributed by atoms with Gasteiger partial charge >= 0.3 is 0 Å². The fraction of sp³-hybridized carbons (Fsp3) is 0.593. The lowest BCUT2D eigenvalue weighted by atomic mass is 9.78. The van der Waals surface area contributed by atoms with Crippen LogP contribution < -0.4 is 4.74 Å². The third-order valence-corrected chi connectivity index (χ3v) is 8.38. The van der Waals surface area contributed by atoms with Crippen LogP contribution in [0.4, 0.5) is 8.78 Å². The van der Waals surface area contributed by atoms with Gasteiger partial charge in [0.15, 0.2) is 6.61 Å². The molecule has 1 fully saturated rings. The van der Waals surface area contributed by atoms with E-state index < -0.39 is 13.0 Å². The van der Waals surface area contributed by atoms with Crippen molar-refractivity contribution in [3.05, 3.63) is 45.4 Å². The molecule has 2 heterocycles. The maximum Gasteiger partial charge on any atom is 0.290 e. The summed E-state index contributed by atoms with van der Waals surface area (Å²) in [6, 6.07) is 7.76. The number of alkyl halides is 2. The Morgan fingerprint density at radius 1 is 1.22 bits per heavy atom.